The molecule has 2 aromatic rings. The number of carbonyl (C=O) groups excluding carboxylic acids is 1. The zero-order valence-electron chi connectivity index (χ0n) is 14.0. The highest BCUT2D eigenvalue weighted by molar-refractivity contribution is 6.12. The lowest BCUT2D eigenvalue weighted by atomic mass is 9.89. The van der Waals surface area contributed by atoms with Gasteiger partial charge in [-0.05, 0) is 24.6 Å². The number of rotatable bonds is 2. The molecule has 3 N–H and O–H groups in total. The number of nitriles is 2. The summed E-state index contributed by atoms with van der Waals surface area (Å²) in [5, 5.41) is 34.9. The smallest absolute Gasteiger partial charge is 0.262 e. The predicted molar refractivity (Wildman–Crippen MR) is 95.5 cm³/mol. The summed E-state index contributed by atoms with van der Waals surface area (Å²) in [6.45, 7) is 2.93. The maximum atomic E-state index is 12.8. The Labute approximate surface area is 150 Å². The van der Waals surface area contributed by atoms with Crippen LogP contribution in [0.25, 0.3) is 11.1 Å². The van der Waals surface area contributed by atoms with Gasteiger partial charge in [0.2, 0.25) is 0 Å². The lowest BCUT2D eigenvalue weighted by Gasteiger charge is -2.15. The Kier molecular flexibility index (Phi) is 4.55. The fraction of sp³-hybridized carbons (Fsp3) is 0.158. The van der Waals surface area contributed by atoms with Crippen molar-refractivity contribution in [3.8, 4) is 29.0 Å². The molecule has 1 aliphatic rings. The molecule has 0 saturated carbocycles. The molecule has 0 radical (unpaired) electrons. The molecule has 0 aliphatic carbocycles. The quantitative estimate of drug-likeness (QED) is 0.766. The lowest BCUT2D eigenvalue weighted by molar-refractivity contribution is 0.0974. The van der Waals surface area contributed by atoms with E-state index >= 15 is 0 Å². The summed E-state index contributed by atoms with van der Waals surface area (Å²) >= 11 is 0. The van der Waals surface area contributed by atoms with Crippen LogP contribution in [0.2, 0.25) is 0 Å². The van der Waals surface area contributed by atoms with Gasteiger partial charge in [0.15, 0.2) is 5.96 Å². The average Bonchev–Trinajstić information content (AvgIpc) is 3.14. The summed E-state index contributed by atoms with van der Waals surface area (Å²) in [5.41, 5.74) is 1.83. The molecule has 0 aromatic heterocycles. The minimum atomic E-state index is -0.604. The molecule has 1 heterocycles. The Morgan fingerprint density at radius 3 is 2.73 bits per heavy atom. The number of nitrogens with zero attached hydrogens (tertiary/aromatic N) is 3. The van der Waals surface area contributed by atoms with Gasteiger partial charge in [0.25, 0.3) is 5.91 Å². The molecule has 128 valence electrons. The van der Waals surface area contributed by atoms with Crippen LogP contribution >= 0.6 is 0 Å². The van der Waals surface area contributed by atoms with Gasteiger partial charge in [-0.1, -0.05) is 18.2 Å². The standard InChI is InChI=1S/C19H15N5O2/c1-11-3-2-4-13(14(11)10-21)16-12(9-20)5-6-15(25)17(16)18(26)24-19-22-7-8-23-19/h2-6,25H,7-8H2,1H3,(H2,22,23,24,26). The van der Waals surface area contributed by atoms with Crippen molar-refractivity contribution in [2.24, 2.45) is 4.99 Å². The largest absolute Gasteiger partial charge is 0.507 e. The third-order valence-corrected chi connectivity index (χ3v) is 4.09. The number of phenols is 1. The van der Waals surface area contributed by atoms with Crippen LogP contribution in [0.15, 0.2) is 35.3 Å². The first-order chi connectivity index (χ1) is 12.6. The molecule has 0 saturated heterocycles. The second-order valence-electron chi connectivity index (χ2n) is 5.71. The van der Waals surface area contributed by atoms with Crippen molar-refractivity contribution in [3.63, 3.8) is 0 Å². The van der Waals surface area contributed by atoms with E-state index in [0.29, 0.717) is 35.7 Å². The highest BCUT2D eigenvalue weighted by atomic mass is 16.3. The molecule has 2 aromatic carbocycles. The van der Waals surface area contributed by atoms with E-state index in [1.807, 2.05) is 6.07 Å². The SMILES string of the molecule is Cc1cccc(-c2c(C#N)ccc(O)c2C(=O)NC2=NCCN2)c1C#N. The van der Waals surface area contributed by atoms with Crippen LogP contribution in [0, 0.1) is 29.6 Å². The normalized spacial score (nSPS) is 12.5. The molecule has 26 heavy (non-hydrogen) atoms. The second-order valence-corrected chi connectivity index (χ2v) is 5.71. The van der Waals surface area contributed by atoms with Gasteiger partial charge >= 0.3 is 0 Å². The second kappa shape index (κ2) is 6.96. The number of aryl methyl sites for hydroxylation is 1. The van der Waals surface area contributed by atoms with E-state index < -0.39 is 5.91 Å². The van der Waals surface area contributed by atoms with Crippen molar-refractivity contribution in [3.05, 3.63) is 52.6 Å². The molecule has 7 nitrogen and oxygen atoms in total. The Morgan fingerprint density at radius 2 is 2.08 bits per heavy atom. The van der Waals surface area contributed by atoms with E-state index in [2.05, 4.69) is 21.7 Å². The molecule has 7 heteroatoms. The Morgan fingerprint density at radius 1 is 1.27 bits per heavy atom. The van der Waals surface area contributed by atoms with E-state index in [9.17, 15) is 20.4 Å². The van der Waals surface area contributed by atoms with Crippen molar-refractivity contribution < 1.29 is 9.90 Å². The predicted octanol–water partition coefficient (Wildman–Crippen LogP) is 1.80. The van der Waals surface area contributed by atoms with E-state index in [0.717, 1.165) is 0 Å². The number of hydrogen-bond donors (Lipinski definition) is 3. The summed E-state index contributed by atoms with van der Waals surface area (Å²) in [4.78, 5) is 16.9. The number of guanidine groups is 1. The van der Waals surface area contributed by atoms with E-state index in [1.165, 1.54) is 12.1 Å². The lowest BCUT2D eigenvalue weighted by Crippen LogP contribution is -2.38. The van der Waals surface area contributed by atoms with Crippen LogP contribution in [0.4, 0.5) is 0 Å². The van der Waals surface area contributed by atoms with Crippen LogP contribution in [0.1, 0.15) is 27.0 Å². The molecule has 0 fully saturated rings. The Bertz CT molecular complexity index is 1010. The van der Waals surface area contributed by atoms with E-state index in [4.69, 9.17) is 0 Å². The highest BCUT2D eigenvalue weighted by Crippen LogP contribution is 2.36. The van der Waals surface area contributed by atoms with Crippen LogP contribution in [0.5, 0.6) is 5.75 Å². The first-order valence-corrected chi connectivity index (χ1v) is 7.92. The first kappa shape index (κ1) is 17.0. The van der Waals surface area contributed by atoms with Crippen molar-refractivity contribution in [1.82, 2.24) is 10.6 Å². The van der Waals surface area contributed by atoms with Gasteiger partial charge in [-0.3, -0.25) is 15.1 Å². The number of aliphatic imine (C=N–C) groups is 1. The summed E-state index contributed by atoms with van der Waals surface area (Å²) in [7, 11) is 0. The van der Waals surface area contributed by atoms with Gasteiger partial charge in [0, 0.05) is 17.7 Å². The van der Waals surface area contributed by atoms with E-state index in [-0.39, 0.29) is 22.4 Å². The maximum Gasteiger partial charge on any atom is 0.262 e. The fourth-order valence-corrected chi connectivity index (χ4v) is 2.87. The van der Waals surface area contributed by atoms with Gasteiger partial charge < -0.3 is 10.4 Å². The Hall–Kier alpha value is -3.84. The zero-order valence-corrected chi connectivity index (χ0v) is 14.0. The van der Waals surface area contributed by atoms with Crippen molar-refractivity contribution in [1.29, 1.82) is 10.5 Å². The third-order valence-electron chi connectivity index (χ3n) is 4.09. The van der Waals surface area contributed by atoms with Gasteiger partial charge in [0.1, 0.15) is 11.8 Å². The molecule has 1 aliphatic heterocycles. The number of amides is 1. The number of benzene rings is 2. The fourth-order valence-electron chi connectivity index (χ4n) is 2.87. The van der Waals surface area contributed by atoms with Gasteiger partial charge in [-0.25, -0.2) is 0 Å². The van der Waals surface area contributed by atoms with Crippen molar-refractivity contribution in [2.75, 3.05) is 13.1 Å². The molecule has 1 amide bonds. The topological polar surface area (TPSA) is 121 Å². The molecular weight excluding hydrogens is 330 g/mol. The summed E-state index contributed by atoms with van der Waals surface area (Å²) < 4.78 is 0. The third kappa shape index (κ3) is 2.94. The number of carbonyl (C=O) groups is 1. The first-order valence-electron chi connectivity index (χ1n) is 7.92. The van der Waals surface area contributed by atoms with Gasteiger partial charge in [-0.15, -0.1) is 0 Å². The highest BCUT2D eigenvalue weighted by Gasteiger charge is 2.24. The molecule has 0 atom stereocenters. The monoisotopic (exact) mass is 345 g/mol. The minimum absolute atomic E-state index is 0.0671. The van der Waals surface area contributed by atoms with Gasteiger partial charge in [-0.2, -0.15) is 10.5 Å². The zero-order chi connectivity index (χ0) is 18.7. The summed E-state index contributed by atoms with van der Waals surface area (Å²) in [6, 6.07) is 12.0. The molecular formula is C19H15N5O2. The van der Waals surface area contributed by atoms with Crippen LogP contribution in [-0.4, -0.2) is 30.1 Å². The average molecular weight is 345 g/mol. The molecule has 0 bridgehead atoms. The number of phenolic OH excluding ortho intramolecular Hbond substituents is 1. The van der Waals surface area contributed by atoms with Crippen molar-refractivity contribution >= 4 is 11.9 Å². The maximum absolute atomic E-state index is 12.8. The van der Waals surface area contributed by atoms with Crippen LogP contribution < -0.4 is 10.6 Å². The van der Waals surface area contributed by atoms with E-state index in [1.54, 1.807) is 25.1 Å². The number of nitrogens with one attached hydrogen (secondary N) is 2. The Balaban J connectivity index is 2.23. The number of aromatic hydroxyl groups is 1. The van der Waals surface area contributed by atoms with Crippen LogP contribution in [-0.2, 0) is 0 Å². The van der Waals surface area contributed by atoms with Crippen LogP contribution in [0.3, 0.4) is 0 Å². The van der Waals surface area contributed by atoms with Gasteiger partial charge in [0.05, 0.1) is 29.3 Å². The molecule has 3 rings (SSSR count). The molecule has 0 unspecified atom stereocenters. The summed E-state index contributed by atoms with van der Waals surface area (Å²) in [6.07, 6.45) is 0. The summed E-state index contributed by atoms with van der Waals surface area (Å²) in [5.74, 6) is -0.568. The molecule has 0 spiro atoms. The minimum Gasteiger partial charge on any atom is -0.507 e. The number of hydrogen-bond acceptors (Lipinski definition) is 6. The van der Waals surface area contributed by atoms with Crippen molar-refractivity contribution in [2.45, 2.75) is 6.92 Å².